The lowest BCUT2D eigenvalue weighted by Crippen LogP contribution is -2.45. The molecular weight excluding hydrogens is 630 g/mol. The number of carbonyl (C=O) groups is 2. The predicted octanol–water partition coefficient (Wildman–Crippen LogP) is 5.68. The monoisotopic (exact) mass is 683 g/mol. The second-order valence-corrected chi connectivity index (χ2v) is 14.0. The van der Waals surface area contributed by atoms with Crippen LogP contribution in [0, 0.1) is 0 Å². The molecule has 3 fully saturated rings. The minimum atomic E-state index is -0.505. The maximum absolute atomic E-state index is 12.5. The molecule has 5 N–H and O–H groups in total. The number of aliphatic hydroxyl groups is 1. The highest BCUT2D eigenvalue weighted by Crippen LogP contribution is 2.39. The average molecular weight is 684 g/mol. The van der Waals surface area contributed by atoms with E-state index < -0.39 is 6.29 Å². The van der Waals surface area contributed by atoms with Crippen molar-refractivity contribution in [1.29, 1.82) is 0 Å². The number of ether oxygens (including phenoxy) is 2. The van der Waals surface area contributed by atoms with E-state index in [0.717, 1.165) is 48.3 Å². The van der Waals surface area contributed by atoms with Crippen molar-refractivity contribution in [1.82, 2.24) is 15.1 Å². The Hall–Kier alpha value is -3.80. The zero-order valence-corrected chi connectivity index (χ0v) is 29.1. The molecule has 0 bridgehead atoms. The van der Waals surface area contributed by atoms with Crippen LogP contribution in [-0.4, -0.2) is 71.6 Å². The van der Waals surface area contributed by atoms with Gasteiger partial charge in [-0.3, -0.25) is 14.5 Å². The largest absolute Gasteiger partial charge is 0.397 e. The maximum Gasteiger partial charge on any atom is 0.224 e. The van der Waals surface area contributed by atoms with Gasteiger partial charge in [0.15, 0.2) is 6.29 Å². The fourth-order valence-corrected chi connectivity index (χ4v) is 7.38. The second-order valence-electron chi connectivity index (χ2n) is 14.0. The number of aliphatic hydroxyl groups excluding tert-OH is 1. The summed E-state index contributed by atoms with van der Waals surface area (Å²) in [6.45, 7) is 6.04. The molecule has 3 aromatic rings. The number of nitrogen functional groups attached to an aromatic ring is 1. The van der Waals surface area contributed by atoms with E-state index in [1.807, 2.05) is 48.5 Å². The third-order valence-corrected chi connectivity index (χ3v) is 10.3. The Morgan fingerprint density at radius 2 is 1.50 bits per heavy atom. The summed E-state index contributed by atoms with van der Waals surface area (Å²) < 4.78 is 13.3. The van der Waals surface area contributed by atoms with Crippen LogP contribution < -0.4 is 16.4 Å². The van der Waals surface area contributed by atoms with Gasteiger partial charge < -0.3 is 35.8 Å². The van der Waals surface area contributed by atoms with Gasteiger partial charge in [0.1, 0.15) is 0 Å². The molecule has 0 unspecified atom stereocenters. The minimum Gasteiger partial charge on any atom is -0.397 e. The lowest BCUT2D eigenvalue weighted by molar-refractivity contribution is -0.253. The number of nitrogens with zero attached hydrogens (tertiary/aromatic N) is 2. The van der Waals surface area contributed by atoms with Crippen LogP contribution in [0.4, 0.5) is 11.4 Å². The van der Waals surface area contributed by atoms with Gasteiger partial charge in [0.05, 0.1) is 30.2 Å². The van der Waals surface area contributed by atoms with Gasteiger partial charge in [-0.25, -0.2) is 0 Å². The van der Waals surface area contributed by atoms with Crippen molar-refractivity contribution < 1.29 is 24.2 Å². The first-order chi connectivity index (χ1) is 24.4. The molecule has 3 heterocycles. The van der Waals surface area contributed by atoms with Crippen molar-refractivity contribution in [2.24, 2.45) is 0 Å². The van der Waals surface area contributed by atoms with Crippen LogP contribution in [0.1, 0.15) is 92.4 Å². The summed E-state index contributed by atoms with van der Waals surface area (Å²) in [5, 5.41) is 15.4. The molecule has 0 radical (unpaired) electrons. The summed E-state index contributed by atoms with van der Waals surface area (Å²) in [6, 6.07) is 23.9. The Kier molecular flexibility index (Phi) is 12.9. The summed E-state index contributed by atoms with van der Waals surface area (Å²) in [4.78, 5) is 30.0. The minimum absolute atomic E-state index is 0.0184. The lowest BCUT2D eigenvalue weighted by atomic mass is 9.99. The van der Waals surface area contributed by atoms with Crippen molar-refractivity contribution in [3.8, 4) is 0 Å². The van der Waals surface area contributed by atoms with E-state index in [-0.39, 0.29) is 30.6 Å². The fraction of sp³-hybridized carbons (Fsp3) is 0.500. The first-order valence-corrected chi connectivity index (χ1v) is 18.4. The number of para-hydroxylation sites is 2. The molecule has 3 saturated heterocycles. The maximum atomic E-state index is 12.5. The quantitative estimate of drug-likeness (QED) is 0.119. The lowest BCUT2D eigenvalue weighted by Gasteiger charge is -2.39. The van der Waals surface area contributed by atoms with Crippen LogP contribution in [-0.2, 0) is 32.2 Å². The van der Waals surface area contributed by atoms with Gasteiger partial charge in [-0.2, -0.15) is 0 Å². The van der Waals surface area contributed by atoms with E-state index in [4.69, 9.17) is 15.2 Å². The number of anilines is 2. The van der Waals surface area contributed by atoms with Crippen molar-refractivity contribution in [3.05, 3.63) is 95.1 Å². The van der Waals surface area contributed by atoms with Gasteiger partial charge >= 0.3 is 0 Å². The Morgan fingerprint density at radius 3 is 2.24 bits per heavy atom. The third kappa shape index (κ3) is 10.1. The van der Waals surface area contributed by atoms with Gasteiger partial charge in [0.25, 0.3) is 0 Å². The standard InChI is InChI=1S/C40H53N5O5/c41-35-9-1-2-10-36(35)43-39(48)12-4-3-11-38(47)42-25-29-13-19-32(20-14-29)40-49-34(24-37(50-40)31-17-15-30(28-46)16-18-31)27-45-23-7-8-33(45)26-44-21-5-6-22-44/h1-2,9-10,13-20,33-34,37,40,46H,3-8,11-12,21-28,41H2,(H,42,47)(H,43,48)/t33-,34-,37+,40+/m0/s1. The fourth-order valence-electron chi connectivity index (χ4n) is 7.38. The third-order valence-electron chi connectivity index (χ3n) is 10.3. The Bertz CT molecular complexity index is 1530. The van der Waals surface area contributed by atoms with Crippen molar-refractivity contribution in [2.45, 2.75) is 95.5 Å². The van der Waals surface area contributed by atoms with Gasteiger partial charge in [-0.15, -0.1) is 0 Å². The molecule has 6 rings (SSSR count). The van der Waals surface area contributed by atoms with E-state index in [2.05, 4.69) is 32.6 Å². The predicted molar refractivity (Wildman–Crippen MR) is 195 cm³/mol. The molecule has 3 aliphatic heterocycles. The summed E-state index contributed by atoms with van der Waals surface area (Å²) >= 11 is 0. The molecule has 0 spiro atoms. The molecule has 4 atom stereocenters. The van der Waals surface area contributed by atoms with E-state index >= 15 is 0 Å². The number of unbranched alkanes of at least 4 members (excludes halogenated alkanes) is 1. The highest BCUT2D eigenvalue weighted by atomic mass is 16.7. The SMILES string of the molecule is Nc1ccccc1NC(=O)CCCCC(=O)NCc1ccc([C@@H]2O[C@H](CN3CCC[C@H]3CN3CCCC3)C[C@H](c3ccc(CO)cc3)O2)cc1. The van der Waals surface area contributed by atoms with E-state index in [1.54, 1.807) is 12.1 Å². The molecule has 0 saturated carbocycles. The number of carbonyl (C=O) groups excluding carboxylic acids is 2. The Labute approximate surface area is 296 Å². The highest BCUT2D eigenvalue weighted by molar-refractivity contribution is 5.93. The van der Waals surface area contributed by atoms with Gasteiger partial charge in [-0.1, -0.05) is 60.7 Å². The van der Waals surface area contributed by atoms with Crippen molar-refractivity contribution in [2.75, 3.05) is 43.8 Å². The summed E-state index contributed by atoms with van der Waals surface area (Å²) in [5.41, 5.74) is 11.0. The van der Waals surface area contributed by atoms with Crippen LogP contribution in [0.15, 0.2) is 72.8 Å². The van der Waals surface area contributed by atoms with Crippen LogP contribution in [0.25, 0.3) is 0 Å². The number of amides is 2. The van der Waals surface area contributed by atoms with Crippen LogP contribution in [0.5, 0.6) is 0 Å². The molecular formula is C40H53N5O5. The van der Waals surface area contributed by atoms with Crippen LogP contribution >= 0.6 is 0 Å². The average Bonchev–Trinajstić information content (AvgIpc) is 3.83. The number of nitrogens with two attached hydrogens (primary N) is 1. The molecule has 268 valence electrons. The van der Waals surface area contributed by atoms with Gasteiger partial charge in [0, 0.05) is 50.5 Å². The molecule has 10 heteroatoms. The number of nitrogens with one attached hydrogen (secondary N) is 2. The molecule has 2 amide bonds. The zero-order valence-electron chi connectivity index (χ0n) is 29.1. The molecule has 0 aliphatic carbocycles. The number of hydrogen-bond acceptors (Lipinski definition) is 8. The number of hydrogen-bond donors (Lipinski definition) is 4. The van der Waals surface area contributed by atoms with E-state index in [0.29, 0.717) is 49.6 Å². The highest BCUT2D eigenvalue weighted by Gasteiger charge is 2.36. The van der Waals surface area contributed by atoms with E-state index in [9.17, 15) is 14.7 Å². The molecule has 10 nitrogen and oxygen atoms in total. The van der Waals surface area contributed by atoms with Crippen LogP contribution in [0.2, 0.25) is 0 Å². The zero-order chi connectivity index (χ0) is 34.7. The molecule has 50 heavy (non-hydrogen) atoms. The number of rotatable bonds is 15. The normalized spacial score (nSPS) is 22.8. The molecule has 3 aliphatic rings. The number of likely N-dealkylation sites (tertiary alicyclic amines) is 2. The molecule has 3 aromatic carbocycles. The number of benzene rings is 3. The van der Waals surface area contributed by atoms with E-state index in [1.165, 1.54) is 38.8 Å². The summed E-state index contributed by atoms with van der Waals surface area (Å²) in [6.07, 6.45) is 7.22. The second kappa shape index (κ2) is 17.9. The summed E-state index contributed by atoms with van der Waals surface area (Å²) in [7, 11) is 0. The van der Waals surface area contributed by atoms with Crippen LogP contribution in [0.3, 0.4) is 0 Å². The molecule has 0 aromatic heterocycles. The van der Waals surface area contributed by atoms with Gasteiger partial charge in [0.2, 0.25) is 11.8 Å². The Balaban J connectivity index is 0.999. The first-order valence-electron chi connectivity index (χ1n) is 18.4. The first kappa shape index (κ1) is 36.0. The van der Waals surface area contributed by atoms with Crippen molar-refractivity contribution in [3.63, 3.8) is 0 Å². The van der Waals surface area contributed by atoms with Gasteiger partial charge in [-0.05, 0) is 87.0 Å². The van der Waals surface area contributed by atoms with Crippen molar-refractivity contribution >= 4 is 23.2 Å². The smallest absolute Gasteiger partial charge is 0.224 e. The summed E-state index contributed by atoms with van der Waals surface area (Å²) in [5.74, 6) is -0.145. The topological polar surface area (TPSA) is 129 Å². The Morgan fingerprint density at radius 1 is 0.800 bits per heavy atom.